The largest absolute Gasteiger partial charge is 0.388 e. The fraction of sp³-hybridized carbons (Fsp3) is 0.538. The molecule has 1 atom stereocenters. The second-order valence-electron chi connectivity index (χ2n) is 4.70. The number of thioether (sulfide) groups is 1. The van der Waals surface area contributed by atoms with E-state index in [9.17, 15) is 5.11 Å². The molecule has 4 heteroatoms. The van der Waals surface area contributed by atoms with Crippen molar-refractivity contribution in [3.63, 3.8) is 0 Å². The Kier molecular flexibility index (Phi) is 4.36. The molecular weight excluding hydrogens is 254 g/mol. The first-order chi connectivity index (χ1) is 8.09. The molecule has 1 heterocycles. The Morgan fingerprint density at radius 2 is 2.35 bits per heavy atom. The lowest BCUT2D eigenvalue weighted by molar-refractivity contribution is 0.0674. The van der Waals surface area contributed by atoms with Crippen LogP contribution in [0.2, 0.25) is 5.02 Å². The lowest BCUT2D eigenvalue weighted by Crippen LogP contribution is -2.40. The van der Waals surface area contributed by atoms with Crippen molar-refractivity contribution < 1.29 is 5.11 Å². The lowest BCUT2D eigenvalue weighted by atomic mass is 10.0. The van der Waals surface area contributed by atoms with E-state index in [1.165, 1.54) is 11.1 Å². The summed E-state index contributed by atoms with van der Waals surface area (Å²) in [6.45, 7) is 3.51. The molecule has 1 aromatic rings. The third kappa shape index (κ3) is 3.62. The minimum atomic E-state index is -0.509. The van der Waals surface area contributed by atoms with Gasteiger partial charge in [-0.05, 0) is 42.4 Å². The van der Waals surface area contributed by atoms with Crippen LogP contribution in [-0.2, 0) is 6.54 Å². The van der Waals surface area contributed by atoms with Crippen LogP contribution < -0.4 is 5.32 Å². The molecule has 2 rings (SSSR count). The van der Waals surface area contributed by atoms with Gasteiger partial charge in [0.25, 0.3) is 0 Å². The van der Waals surface area contributed by atoms with E-state index < -0.39 is 5.60 Å². The van der Waals surface area contributed by atoms with Crippen molar-refractivity contribution in [2.45, 2.75) is 25.5 Å². The predicted molar refractivity (Wildman–Crippen MR) is 74.8 cm³/mol. The van der Waals surface area contributed by atoms with Gasteiger partial charge in [-0.3, -0.25) is 0 Å². The maximum absolute atomic E-state index is 10.2. The summed E-state index contributed by atoms with van der Waals surface area (Å²) in [4.78, 5) is 0. The lowest BCUT2D eigenvalue weighted by Gasteiger charge is -2.22. The molecule has 0 unspecified atom stereocenters. The normalized spacial score (nSPS) is 24.2. The maximum atomic E-state index is 10.2. The van der Waals surface area contributed by atoms with Crippen molar-refractivity contribution in [1.29, 1.82) is 0 Å². The topological polar surface area (TPSA) is 32.3 Å². The Morgan fingerprint density at radius 1 is 1.53 bits per heavy atom. The molecule has 0 aromatic heterocycles. The van der Waals surface area contributed by atoms with Gasteiger partial charge in [-0.1, -0.05) is 17.7 Å². The second-order valence-corrected chi connectivity index (χ2v) is 6.24. The van der Waals surface area contributed by atoms with E-state index in [1.54, 1.807) is 0 Å². The van der Waals surface area contributed by atoms with E-state index in [1.807, 2.05) is 30.0 Å². The van der Waals surface area contributed by atoms with E-state index >= 15 is 0 Å². The number of nitrogens with one attached hydrogen (secondary N) is 1. The van der Waals surface area contributed by atoms with Crippen molar-refractivity contribution in [2.24, 2.45) is 0 Å². The molecule has 0 radical (unpaired) electrons. The summed E-state index contributed by atoms with van der Waals surface area (Å²) in [5, 5.41) is 14.3. The zero-order chi connectivity index (χ0) is 12.3. The van der Waals surface area contributed by atoms with Crippen LogP contribution >= 0.6 is 23.4 Å². The van der Waals surface area contributed by atoms with Gasteiger partial charge in [0.05, 0.1) is 5.60 Å². The summed E-state index contributed by atoms with van der Waals surface area (Å²) in [7, 11) is 0. The summed E-state index contributed by atoms with van der Waals surface area (Å²) in [5.41, 5.74) is 1.92. The Balaban J connectivity index is 1.85. The number of aryl methyl sites for hydroxylation is 1. The van der Waals surface area contributed by atoms with Crippen molar-refractivity contribution in [1.82, 2.24) is 5.32 Å². The molecule has 1 saturated heterocycles. The third-order valence-electron chi connectivity index (χ3n) is 3.16. The van der Waals surface area contributed by atoms with E-state index in [0.717, 1.165) is 29.5 Å². The second kappa shape index (κ2) is 5.61. The summed E-state index contributed by atoms with van der Waals surface area (Å²) < 4.78 is 0. The zero-order valence-corrected chi connectivity index (χ0v) is 11.6. The van der Waals surface area contributed by atoms with Gasteiger partial charge in [0.2, 0.25) is 0 Å². The standard InChI is InChI=1S/C13H18ClNOS/c1-10-6-12(14)3-2-11(10)7-15-8-13(16)4-5-17-9-13/h2-3,6,15-16H,4-5,7-9H2,1H3/t13-/m1/s1. The quantitative estimate of drug-likeness (QED) is 0.883. The van der Waals surface area contributed by atoms with Gasteiger partial charge in [-0.25, -0.2) is 0 Å². The zero-order valence-electron chi connectivity index (χ0n) is 10.0. The monoisotopic (exact) mass is 271 g/mol. The first-order valence-corrected chi connectivity index (χ1v) is 7.38. The van der Waals surface area contributed by atoms with Crippen LogP contribution in [0.3, 0.4) is 0 Å². The minimum Gasteiger partial charge on any atom is -0.388 e. The highest BCUT2D eigenvalue weighted by atomic mass is 35.5. The number of hydrogen-bond acceptors (Lipinski definition) is 3. The van der Waals surface area contributed by atoms with Gasteiger partial charge in [-0.2, -0.15) is 11.8 Å². The first-order valence-electron chi connectivity index (χ1n) is 5.85. The molecule has 2 N–H and O–H groups in total. The molecule has 2 nitrogen and oxygen atoms in total. The summed E-state index contributed by atoms with van der Waals surface area (Å²) >= 11 is 7.74. The number of halogens is 1. The van der Waals surface area contributed by atoms with Gasteiger partial charge < -0.3 is 10.4 Å². The smallest absolute Gasteiger partial charge is 0.0869 e. The van der Waals surface area contributed by atoms with Crippen molar-refractivity contribution >= 4 is 23.4 Å². The average Bonchev–Trinajstić information content (AvgIpc) is 2.69. The van der Waals surface area contributed by atoms with Gasteiger partial charge in [0, 0.05) is 23.9 Å². The molecule has 0 saturated carbocycles. The minimum absolute atomic E-state index is 0.509. The van der Waals surface area contributed by atoms with E-state index in [2.05, 4.69) is 12.2 Å². The molecule has 1 aliphatic heterocycles. The van der Waals surface area contributed by atoms with Gasteiger partial charge in [0.15, 0.2) is 0 Å². The van der Waals surface area contributed by atoms with Crippen LogP contribution in [-0.4, -0.2) is 28.8 Å². The van der Waals surface area contributed by atoms with Gasteiger partial charge in [-0.15, -0.1) is 0 Å². The molecule has 0 aliphatic carbocycles. The highest BCUT2D eigenvalue weighted by molar-refractivity contribution is 7.99. The third-order valence-corrected chi connectivity index (χ3v) is 4.63. The number of benzene rings is 1. The van der Waals surface area contributed by atoms with E-state index in [0.29, 0.717) is 6.54 Å². The highest BCUT2D eigenvalue weighted by Gasteiger charge is 2.30. The number of hydrogen-bond donors (Lipinski definition) is 2. The highest BCUT2D eigenvalue weighted by Crippen LogP contribution is 2.27. The molecule has 0 amide bonds. The van der Waals surface area contributed by atoms with Gasteiger partial charge in [0.1, 0.15) is 0 Å². The van der Waals surface area contributed by atoms with Crippen molar-refractivity contribution in [2.75, 3.05) is 18.1 Å². The van der Waals surface area contributed by atoms with Crippen LogP contribution in [0.4, 0.5) is 0 Å². The van der Waals surface area contributed by atoms with Crippen molar-refractivity contribution in [3.05, 3.63) is 34.3 Å². The van der Waals surface area contributed by atoms with Crippen LogP contribution in [0.5, 0.6) is 0 Å². The summed E-state index contributed by atoms with van der Waals surface area (Å²) in [5.74, 6) is 1.91. The SMILES string of the molecule is Cc1cc(Cl)ccc1CNC[C@]1(O)CCSC1. The van der Waals surface area contributed by atoms with Crippen LogP contribution in [0.1, 0.15) is 17.5 Å². The maximum Gasteiger partial charge on any atom is 0.0869 e. The summed E-state index contributed by atoms with van der Waals surface area (Å²) in [6, 6.07) is 5.92. The van der Waals surface area contributed by atoms with Crippen LogP contribution in [0.15, 0.2) is 18.2 Å². The molecule has 1 aromatic carbocycles. The molecule has 1 fully saturated rings. The van der Waals surface area contributed by atoms with Gasteiger partial charge >= 0.3 is 0 Å². The molecule has 0 spiro atoms. The van der Waals surface area contributed by atoms with E-state index in [4.69, 9.17) is 11.6 Å². The first kappa shape index (κ1) is 13.2. The molecule has 94 valence electrons. The van der Waals surface area contributed by atoms with E-state index in [-0.39, 0.29) is 0 Å². The Morgan fingerprint density at radius 3 is 3.00 bits per heavy atom. The molecule has 17 heavy (non-hydrogen) atoms. The molecule has 0 bridgehead atoms. The fourth-order valence-electron chi connectivity index (χ4n) is 2.02. The predicted octanol–water partition coefficient (Wildman–Crippen LogP) is 2.61. The number of rotatable bonds is 4. The average molecular weight is 272 g/mol. The fourth-order valence-corrected chi connectivity index (χ4v) is 3.55. The Bertz CT molecular complexity index is 391. The van der Waals surface area contributed by atoms with Crippen LogP contribution in [0.25, 0.3) is 0 Å². The molecular formula is C13H18ClNOS. The number of aliphatic hydroxyl groups is 1. The Hall–Kier alpha value is -0.220. The molecule has 1 aliphatic rings. The van der Waals surface area contributed by atoms with Crippen molar-refractivity contribution in [3.8, 4) is 0 Å². The Labute approximate surface area is 112 Å². The summed E-state index contributed by atoms with van der Waals surface area (Å²) in [6.07, 6.45) is 0.893. The van der Waals surface area contributed by atoms with Crippen LogP contribution in [0, 0.1) is 6.92 Å².